The molecule has 12 heteroatoms. The van der Waals surface area contributed by atoms with Crippen LogP contribution in [0, 0.1) is 0 Å². The van der Waals surface area contributed by atoms with Crippen molar-refractivity contribution >= 4 is 11.0 Å². The standard InChI is InChI=1S/C21H20O12/c22-6-13-15(27)17(29)18(30)21(32-13)33-20-16(28)14-11(26)4-8(23)5-12(14)31-19(20)7-1-2-9(24)10(25)3-7/h1-5,13,15,17-18,21-27,29-30H,6H2/p-1/t13-,15+,17+,18-,21+/m1/s1. The van der Waals surface area contributed by atoms with Gasteiger partial charge in [0.25, 0.3) is 0 Å². The van der Waals surface area contributed by atoms with Crippen LogP contribution in [0.1, 0.15) is 0 Å². The van der Waals surface area contributed by atoms with Gasteiger partial charge in [0.15, 0.2) is 5.76 Å². The van der Waals surface area contributed by atoms with Gasteiger partial charge in [0, 0.05) is 17.7 Å². The van der Waals surface area contributed by atoms with Gasteiger partial charge in [-0.3, -0.25) is 4.79 Å². The van der Waals surface area contributed by atoms with Crippen molar-refractivity contribution in [3.05, 3.63) is 40.6 Å². The van der Waals surface area contributed by atoms with Crippen molar-refractivity contribution in [1.29, 1.82) is 0 Å². The Labute approximate surface area is 184 Å². The third kappa shape index (κ3) is 3.90. The van der Waals surface area contributed by atoms with E-state index in [2.05, 4.69) is 0 Å². The second-order valence-corrected chi connectivity index (χ2v) is 7.43. The molecule has 3 aromatic rings. The zero-order valence-corrected chi connectivity index (χ0v) is 16.7. The molecular weight excluding hydrogens is 444 g/mol. The Morgan fingerprint density at radius 2 is 1.70 bits per heavy atom. The van der Waals surface area contributed by atoms with Crippen LogP contribution in [-0.2, 0) is 4.74 Å². The SMILES string of the molecule is O=c1c(O[C@@H]2O[C@H](CO)[C@H](O)[C@H](O)[C@H]2O)c(-c2ccc([O-])c(O)c2)oc2cc(O)cc(O)c12. The van der Waals surface area contributed by atoms with Crippen LogP contribution < -0.4 is 15.3 Å². The first-order valence-corrected chi connectivity index (χ1v) is 9.62. The van der Waals surface area contributed by atoms with E-state index in [4.69, 9.17) is 13.9 Å². The smallest absolute Gasteiger partial charge is 0.239 e. The lowest BCUT2D eigenvalue weighted by atomic mass is 9.99. The quantitative estimate of drug-likeness (QED) is 0.244. The number of hydrogen-bond donors (Lipinski definition) is 7. The molecule has 4 rings (SSSR count). The van der Waals surface area contributed by atoms with Crippen molar-refractivity contribution in [3.8, 4) is 40.1 Å². The summed E-state index contributed by atoms with van der Waals surface area (Å²) in [4.78, 5) is 13.2. The molecule has 0 bridgehead atoms. The van der Waals surface area contributed by atoms with Crippen molar-refractivity contribution in [2.24, 2.45) is 0 Å². The van der Waals surface area contributed by atoms with Gasteiger partial charge in [-0.15, -0.1) is 0 Å². The Balaban J connectivity index is 1.91. The van der Waals surface area contributed by atoms with Crippen LogP contribution in [0.4, 0.5) is 0 Å². The number of phenols is 3. The highest BCUT2D eigenvalue weighted by Gasteiger charge is 2.45. The maximum atomic E-state index is 13.2. The fraction of sp³-hybridized carbons (Fsp3) is 0.286. The normalized spacial score (nSPS) is 25.3. The van der Waals surface area contributed by atoms with Gasteiger partial charge in [-0.1, -0.05) is 17.9 Å². The Kier molecular flexibility index (Phi) is 5.78. The minimum atomic E-state index is -1.86. The molecule has 1 aliphatic heterocycles. The number of aromatic hydroxyl groups is 3. The molecule has 5 atom stereocenters. The van der Waals surface area contributed by atoms with E-state index in [1.54, 1.807) is 0 Å². The Morgan fingerprint density at radius 3 is 2.36 bits per heavy atom. The highest BCUT2D eigenvalue weighted by Crippen LogP contribution is 2.38. The molecule has 1 aliphatic rings. The fourth-order valence-electron chi connectivity index (χ4n) is 3.50. The molecule has 176 valence electrons. The van der Waals surface area contributed by atoms with Crippen molar-refractivity contribution in [2.75, 3.05) is 6.61 Å². The second-order valence-electron chi connectivity index (χ2n) is 7.43. The van der Waals surface area contributed by atoms with Crippen LogP contribution in [0.3, 0.4) is 0 Å². The maximum Gasteiger partial charge on any atom is 0.239 e. The molecule has 1 aromatic heterocycles. The van der Waals surface area contributed by atoms with E-state index in [0.717, 1.165) is 24.3 Å². The summed E-state index contributed by atoms with van der Waals surface area (Å²) in [6, 6.07) is 5.10. The number of benzene rings is 2. The molecule has 0 aliphatic carbocycles. The number of hydrogen-bond acceptors (Lipinski definition) is 12. The lowest BCUT2D eigenvalue weighted by Crippen LogP contribution is -2.60. The number of rotatable bonds is 4. The van der Waals surface area contributed by atoms with Gasteiger partial charge in [0.1, 0.15) is 52.6 Å². The van der Waals surface area contributed by atoms with Crippen LogP contribution in [0.5, 0.6) is 28.7 Å². The maximum absolute atomic E-state index is 13.2. The van der Waals surface area contributed by atoms with E-state index in [-0.39, 0.29) is 16.9 Å². The molecule has 2 aromatic carbocycles. The topological polar surface area (TPSA) is 213 Å². The lowest BCUT2D eigenvalue weighted by molar-refractivity contribution is -0.277. The molecule has 2 heterocycles. The zero-order chi connectivity index (χ0) is 24.0. The van der Waals surface area contributed by atoms with Crippen LogP contribution >= 0.6 is 0 Å². The third-order valence-corrected chi connectivity index (χ3v) is 5.22. The predicted octanol–water partition coefficient (Wildman–Crippen LogP) is -1.17. The highest BCUT2D eigenvalue weighted by molar-refractivity contribution is 5.88. The minimum absolute atomic E-state index is 0.0199. The summed E-state index contributed by atoms with van der Waals surface area (Å²) >= 11 is 0. The van der Waals surface area contributed by atoms with Gasteiger partial charge in [0.05, 0.1) is 6.61 Å². The van der Waals surface area contributed by atoms with E-state index < -0.39 is 76.9 Å². The Morgan fingerprint density at radius 1 is 0.970 bits per heavy atom. The van der Waals surface area contributed by atoms with Crippen molar-refractivity contribution < 1.29 is 54.7 Å². The number of phenolic OH excluding ortho intramolecular Hbond substituents is 3. The van der Waals surface area contributed by atoms with Crippen molar-refractivity contribution in [1.82, 2.24) is 0 Å². The molecule has 0 unspecified atom stereocenters. The molecule has 0 amide bonds. The van der Waals surface area contributed by atoms with Crippen molar-refractivity contribution in [3.63, 3.8) is 0 Å². The fourth-order valence-corrected chi connectivity index (χ4v) is 3.50. The summed E-state index contributed by atoms with van der Waals surface area (Å²) in [7, 11) is 0. The third-order valence-electron chi connectivity index (χ3n) is 5.22. The van der Waals surface area contributed by atoms with E-state index in [1.165, 1.54) is 6.07 Å². The summed E-state index contributed by atoms with van der Waals surface area (Å²) in [6.45, 7) is -0.747. The Bertz CT molecular complexity index is 1250. The molecule has 0 spiro atoms. The Hall–Kier alpha value is -3.55. The number of ether oxygens (including phenoxy) is 2. The van der Waals surface area contributed by atoms with Crippen LogP contribution in [0.15, 0.2) is 39.5 Å². The first-order chi connectivity index (χ1) is 15.6. The van der Waals surface area contributed by atoms with Gasteiger partial charge in [-0.05, 0) is 6.07 Å². The van der Waals surface area contributed by atoms with Gasteiger partial charge in [0.2, 0.25) is 17.5 Å². The second kappa shape index (κ2) is 8.42. The van der Waals surface area contributed by atoms with Gasteiger partial charge >= 0.3 is 0 Å². The summed E-state index contributed by atoms with van der Waals surface area (Å²) in [5.74, 6) is -3.48. The van der Waals surface area contributed by atoms with Crippen LogP contribution in [0.2, 0.25) is 0 Å². The molecule has 1 fully saturated rings. The van der Waals surface area contributed by atoms with Crippen LogP contribution in [0.25, 0.3) is 22.3 Å². The molecule has 1 saturated heterocycles. The molecule has 12 nitrogen and oxygen atoms in total. The zero-order valence-electron chi connectivity index (χ0n) is 16.7. The number of aliphatic hydroxyl groups excluding tert-OH is 4. The van der Waals surface area contributed by atoms with E-state index in [0.29, 0.717) is 0 Å². The average molecular weight is 463 g/mol. The molecule has 0 radical (unpaired) electrons. The van der Waals surface area contributed by atoms with Gasteiger partial charge in [-0.25, -0.2) is 0 Å². The lowest BCUT2D eigenvalue weighted by Gasteiger charge is -2.39. The van der Waals surface area contributed by atoms with E-state index in [9.17, 15) is 45.6 Å². The average Bonchev–Trinajstić information content (AvgIpc) is 2.76. The number of aliphatic hydroxyl groups is 4. The molecule has 33 heavy (non-hydrogen) atoms. The van der Waals surface area contributed by atoms with E-state index in [1.807, 2.05) is 0 Å². The molecule has 7 N–H and O–H groups in total. The monoisotopic (exact) mass is 463 g/mol. The number of fused-ring (bicyclic) bond motifs is 1. The van der Waals surface area contributed by atoms with Crippen molar-refractivity contribution in [2.45, 2.75) is 30.7 Å². The highest BCUT2D eigenvalue weighted by atomic mass is 16.7. The molecular formula is C21H19O12-. The predicted molar refractivity (Wildman–Crippen MR) is 107 cm³/mol. The van der Waals surface area contributed by atoms with Crippen LogP contribution in [-0.4, -0.2) is 73.1 Å². The summed E-state index contributed by atoms with van der Waals surface area (Å²) in [6.07, 6.45) is -8.45. The summed E-state index contributed by atoms with van der Waals surface area (Å²) in [5, 5.41) is 80.5. The summed E-state index contributed by atoms with van der Waals surface area (Å²) in [5.41, 5.74) is -1.26. The first kappa shape index (κ1) is 22.6. The minimum Gasteiger partial charge on any atom is -0.870 e. The van der Waals surface area contributed by atoms with Gasteiger partial charge in [-0.2, -0.15) is 0 Å². The first-order valence-electron chi connectivity index (χ1n) is 9.62. The van der Waals surface area contributed by atoms with Gasteiger partial charge < -0.3 is 54.7 Å². The van der Waals surface area contributed by atoms with E-state index >= 15 is 0 Å². The summed E-state index contributed by atoms with van der Waals surface area (Å²) < 4.78 is 16.4. The largest absolute Gasteiger partial charge is 0.870 e. The molecule has 0 saturated carbocycles.